The van der Waals surface area contributed by atoms with Crippen molar-refractivity contribution >= 4 is 25.8 Å². The van der Waals surface area contributed by atoms with Gasteiger partial charge in [0.15, 0.2) is 7.98 Å². The standard InChI is InChI=1S/C19H28BN5O/c1-22-18-3-2-16(14-26)12-17(18)19(21)24-6-4-15(5-7-24)13-23-8-10-25(20)11-9-23/h2-3,12,14-15,21-22H,4-11,13H2,1H3. The van der Waals surface area contributed by atoms with Crippen molar-refractivity contribution in [2.24, 2.45) is 5.92 Å². The van der Waals surface area contributed by atoms with E-state index in [2.05, 4.69) is 15.1 Å². The fraction of sp³-hybridized carbons (Fsp3) is 0.579. The van der Waals surface area contributed by atoms with Gasteiger partial charge in [-0.15, -0.1) is 0 Å². The minimum absolute atomic E-state index is 0.508. The van der Waals surface area contributed by atoms with Crippen LogP contribution in [0.5, 0.6) is 0 Å². The predicted molar refractivity (Wildman–Crippen MR) is 106 cm³/mol. The molecule has 3 rings (SSSR count). The van der Waals surface area contributed by atoms with Crippen LogP contribution >= 0.6 is 0 Å². The van der Waals surface area contributed by atoms with Gasteiger partial charge >= 0.3 is 0 Å². The summed E-state index contributed by atoms with van der Waals surface area (Å²) in [5, 5.41) is 11.8. The third-order valence-electron chi connectivity index (χ3n) is 5.56. The first-order valence-electron chi connectivity index (χ1n) is 9.43. The number of rotatable bonds is 5. The molecule has 0 amide bonds. The van der Waals surface area contributed by atoms with Crippen molar-refractivity contribution in [1.29, 1.82) is 5.41 Å². The molecular formula is C19H28BN5O. The second-order valence-electron chi connectivity index (χ2n) is 7.29. The molecule has 0 spiro atoms. The lowest BCUT2D eigenvalue weighted by Crippen LogP contribution is -2.48. The molecule has 2 aliphatic heterocycles. The second-order valence-corrected chi connectivity index (χ2v) is 7.29. The Balaban J connectivity index is 1.56. The summed E-state index contributed by atoms with van der Waals surface area (Å²) in [6, 6.07) is 5.46. The zero-order valence-corrected chi connectivity index (χ0v) is 15.6. The highest BCUT2D eigenvalue weighted by Gasteiger charge is 2.25. The Bertz CT molecular complexity index is 637. The molecule has 0 bridgehead atoms. The van der Waals surface area contributed by atoms with Gasteiger partial charge in [-0.1, -0.05) is 0 Å². The molecule has 0 aromatic heterocycles. The van der Waals surface area contributed by atoms with Crippen molar-refractivity contribution in [3.05, 3.63) is 29.3 Å². The molecule has 2 radical (unpaired) electrons. The number of carbonyl (C=O) groups excluding carboxylic acids is 1. The number of aldehydes is 1. The second kappa shape index (κ2) is 8.69. The van der Waals surface area contributed by atoms with Gasteiger partial charge in [0.05, 0.1) is 0 Å². The summed E-state index contributed by atoms with van der Waals surface area (Å²) in [7, 11) is 7.68. The first-order valence-corrected chi connectivity index (χ1v) is 9.43. The summed E-state index contributed by atoms with van der Waals surface area (Å²) in [6.45, 7) is 6.93. The molecule has 0 unspecified atom stereocenters. The van der Waals surface area contributed by atoms with Crippen molar-refractivity contribution in [3.8, 4) is 0 Å². The Labute approximate surface area is 157 Å². The maximum Gasteiger partial charge on any atom is 0.182 e. The van der Waals surface area contributed by atoms with E-state index in [0.717, 1.165) is 76.2 Å². The highest BCUT2D eigenvalue weighted by molar-refractivity contribution is 6.04. The Morgan fingerprint density at radius 2 is 1.92 bits per heavy atom. The van der Waals surface area contributed by atoms with E-state index in [9.17, 15) is 4.79 Å². The summed E-state index contributed by atoms with van der Waals surface area (Å²) in [6.07, 6.45) is 3.05. The highest BCUT2D eigenvalue weighted by atomic mass is 16.1. The molecule has 1 aromatic carbocycles. The quantitative estimate of drug-likeness (QED) is 0.361. The molecule has 2 fully saturated rings. The first-order chi connectivity index (χ1) is 12.6. The SMILES string of the molecule is [B]N1CCN(CC2CCN(C(=N)c3cc(C=O)ccc3NC)CC2)CC1. The smallest absolute Gasteiger partial charge is 0.182 e. The van der Waals surface area contributed by atoms with E-state index in [1.54, 1.807) is 12.1 Å². The lowest BCUT2D eigenvalue weighted by molar-refractivity contribution is 0.112. The van der Waals surface area contributed by atoms with Gasteiger partial charge in [-0.05, 0) is 50.0 Å². The highest BCUT2D eigenvalue weighted by Crippen LogP contribution is 2.24. The summed E-state index contributed by atoms with van der Waals surface area (Å²) < 4.78 is 0. The molecule has 0 atom stereocenters. The third-order valence-corrected chi connectivity index (χ3v) is 5.56. The Morgan fingerprint density at radius 1 is 1.23 bits per heavy atom. The summed E-state index contributed by atoms with van der Waals surface area (Å²) in [5.41, 5.74) is 2.30. The van der Waals surface area contributed by atoms with E-state index < -0.39 is 0 Å². The molecule has 0 aliphatic carbocycles. The minimum Gasteiger partial charge on any atom is -0.388 e. The average Bonchev–Trinajstić information content (AvgIpc) is 2.69. The maximum absolute atomic E-state index is 11.1. The van der Waals surface area contributed by atoms with E-state index in [1.807, 2.05) is 17.9 Å². The predicted octanol–water partition coefficient (Wildman–Crippen LogP) is 1.28. The molecule has 1 aromatic rings. The average molecular weight is 353 g/mol. The van der Waals surface area contributed by atoms with Crippen LogP contribution in [0.1, 0.15) is 28.8 Å². The van der Waals surface area contributed by atoms with Gasteiger partial charge in [0.2, 0.25) is 0 Å². The van der Waals surface area contributed by atoms with Crippen LogP contribution in [0.15, 0.2) is 18.2 Å². The lowest BCUT2D eigenvalue weighted by Gasteiger charge is -2.39. The molecule has 2 saturated heterocycles. The third kappa shape index (κ3) is 4.45. The van der Waals surface area contributed by atoms with Crippen LogP contribution in [0.4, 0.5) is 5.69 Å². The van der Waals surface area contributed by atoms with E-state index in [1.165, 1.54) is 0 Å². The van der Waals surface area contributed by atoms with Crippen LogP contribution in [0.3, 0.4) is 0 Å². The van der Waals surface area contributed by atoms with Crippen LogP contribution in [0, 0.1) is 11.3 Å². The number of nitrogens with one attached hydrogen (secondary N) is 2. The number of piperazine rings is 1. The number of carbonyl (C=O) groups is 1. The van der Waals surface area contributed by atoms with Gasteiger partial charge in [-0.2, -0.15) is 0 Å². The molecule has 7 heteroatoms. The van der Waals surface area contributed by atoms with Crippen LogP contribution in [0.25, 0.3) is 0 Å². The van der Waals surface area contributed by atoms with Crippen molar-refractivity contribution in [2.45, 2.75) is 12.8 Å². The number of piperidine rings is 1. The monoisotopic (exact) mass is 353 g/mol. The number of benzene rings is 1. The summed E-state index contributed by atoms with van der Waals surface area (Å²) in [4.78, 5) is 17.6. The zero-order chi connectivity index (χ0) is 18.5. The Morgan fingerprint density at radius 3 is 2.54 bits per heavy atom. The van der Waals surface area contributed by atoms with Gasteiger partial charge < -0.3 is 19.9 Å². The number of likely N-dealkylation sites (tertiary alicyclic amines) is 1. The maximum atomic E-state index is 11.1. The van der Waals surface area contributed by atoms with Crippen molar-refractivity contribution in [3.63, 3.8) is 0 Å². The summed E-state index contributed by atoms with van der Waals surface area (Å²) in [5.74, 6) is 1.20. The van der Waals surface area contributed by atoms with Crippen molar-refractivity contribution < 1.29 is 4.79 Å². The van der Waals surface area contributed by atoms with Crippen LogP contribution in [0.2, 0.25) is 0 Å². The number of nitrogens with zero attached hydrogens (tertiary/aromatic N) is 3. The zero-order valence-electron chi connectivity index (χ0n) is 15.6. The Kier molecular flexibility index (Phi) is 6.32. The van der Waals surface area contributed by atoms with E-state index >= 15 is 0 Å². The molecular weight excluding hydrogens is 325 g/mol. The molecule has 26 heavy (non-hydrogen) atoms. The van der Waals surface area contributed by atoms with Crippen LogP contribution in [-0.4, -0.2) is 87.6 Å². The fourth-order valence-corrected chi connectivity index (χ4v) is 3.87. The van der Waals surface area contributed by atoms with E-state index in [0.29, 0.717) is 17.3 Å². The van der Waals surface area contributed by atoms with Crippen LogP contribution < -0.4 is 5.32 Å². The van der Waals surface area contributed by atoms with Gasteiger partial charge in [0.25, 0.3) is 0 Å². The van der Waals surface area contributed by atoms with Gasteiger partial charge in [0, 0.05) is 56.6 Å². The fourth-order valence-electron chi connectivity index (χ4n) is 3.87. The molecule has 138 valence electrons. The number of amidine groups is 1. The first kappa shape index (κ1) is 18.9. The summed E-state index contributed by atoms with van der Waals surface area (Å²) >= 11 is 0. The van der Waals surface area contributed by atoms with Crippen molar-refractivity contribution in [1.82, 2.24) is 14.6 Å². The molecule has 2 heterocycles. The number of hydrogen-bond acceptors (Lipinski definition) is 5. The van der Waals surface area contributed by atoms with E-state index in [4.69, 9.17) is 13.4 Å². The van der Waals surface area contributed by atoms with Gasteiger partial charge in [0.1, 0.15) is 12.1 Å². The molecule has 2 aliphatic rings. The lowest BCUT2D eigenvalue weighted by atomic mass is 9.95. The van der Waals surface area contributed by atoms with E-state index in [-0.39, 0.29) is 0 Å². The molecule has 6 nitrogen and oxygen atoms in total. The van der Waals surface area contributed by atoms with Crippen molar-refractivity contribution in [2.75, 3.05) is 58.2 Å². The number of anilines is 1. The molecule has 2 N–H and O–H groups in total. The van der Waals surface area contributed by atoms with Gasteiger partial charge in [-0.25, -0.2) is 0 Å². The normalized spacial score (nSPS) is 20.1. The Hall–Kier alpha value is -1.86. The largest absolute Gasteiger partial charge is 0.388 e. The van der Waals surface area contributed by atoms with Gasteiger partial charge in [-0.3, -0.25) is 10.2 Å². The number of hydrogen-bond donors (Lipinski definition) is 2. The minimum atomic E-state index is 0.508. The topological polar surface area (TPSA) is 62.7 Å². The van der Waals surface area contributed by atoms with Crippen LogP contribution in [-0.2, 0) is 0 Å². The molecule has 0 saturated carbocycles.